The highest BCUT2D eigenvalue weighted by Crippen LogP contribution is 2.22. The van der Waals surface area contributed by atoms with Crippen molar-refractivity contribution in [2.45, 2.75) is 13.0 Å². The molecule has 1 aromatic heterocycles. The maximum absolute atomic E-state index is 13.2. The van der Waals surface area contributed by atoms with Crippen LogP contribution in [-0.4, -0.2) is 51.0 Å². The van der Waals surface area contributed by atoms with Gasteiger partial charge in [-0.25, -0.2) is 9.37 Å². The number of nitrogens with zero attached hydrogens (tertiary/aromatic N) is 2. The summed E-state index contributed by atoms with van der Waals surface area (Å²) >= 11 is 0. The predicted molar refractivity (Wildman–Crippen MR) is 101 cm³/mol. The zero-order valence-electron chi connectivity index (χ0n) is 15.7. The summed E-state index contributed by atoms with van der Waals surface area (Å²) in [6.45, 7) is -0.365. The lowest BCUT2D eigenvalue weighted by molar-refractivity contribution is -0.138. The molecule has 0 fully saturated rings. The molecule has 30 heavy (non-hydrogen) atoms. The molecule has 3 rings (SSSR count). The number of ether oxygens (including phenoxy) is 1. The molecule has 0 atom stereocenters. The molecule has 1 aromatic carbocycles. The van der Waals surface area contributed by atoms with Crippen LogP contribution in [0.4, 0.5) is 4.39 Å². The van der Waals surface area contributed by atoms with Crippen LogP contribution in [0.25, 0.3) is 0 Å². The number of aliphatic hydroxyl groups excluding tert-OH is 1. The Morgan fingerprint density at radius 1 is 1.27 bits per heavy atom. The van der Waals surface area contributed by atoms with E-state index in [4.69, 9.17) is 9.84 Å². The van der Waals surface area contributed by atoms with E-state index >= 15 is 0 Å². The van der Waals surface area contributed by atoms with Crippen molar-refractivity contribution in [2.75, 3.05) is 13.1 Å². The first kappa shape index (κ1) is 20.8. The highest BCUT2D eigenvalue weighted by Gasteiger charge is 2.32. The van der Waals surface area contributed by atoms with E-state index in [0.29, 0.717) is 11.3 Å². The highest BCUT2D eigenvalue weighted by atomic mass is 19.1. The van der Waals surface area contributed by atoms with Gasteiger partial charge in [-0.2, -0.15) is 0 Å². The van der Waals surface area contributed by atoms with Crippen LogP contribution in [0, 0.1) is 5.82 Å². The maximum Gasteiger partial charge on any atom is 0.322 e. The van der Waals surface area contributed by atoms with E-state index in [1.54, 1.807) is 18.2 Å². The number of aromatic nitrogens is 1. The van der Waals surface area contributed by atoms with Gasteiger partial charge in [0.15, 0.2) is 0 Å². The van der Waals surface area contributed by atoms with E-state index < -0.39 is 35.7 Å². The number of amides is 2. The molecular weight excluding hydrogens is 397 g/mol. The standard InChI is InChI=1S/C20H18FN3O6/c21-13-2-1-3-14(8-13)30-16-5-4-12(9-22-16)11-24-7-6-15(25)18(20(24)29)19(28)23-10-17(26)27/h1-5,8-9,25H,6-7,10-11H2,(H,23,28)(H,26,27). The molecule has 3 N–H and O–H groups in total. The monoisotopic (exact) mass is 415 g/mol. The molecule has 2 heterocycles. The number of carbonyl (C=O) groups is 3. The van der Waals surface area contributed by atoms with E-state index in [-0.39, 0.29) is 31.1 Å². The van der Waals surface area contributed by atoms with Gasteiger partial charge in [-0.15, -0.1) is 0 Å². The van der Waals surface area contributed by atoms with Crippen molar-refractivity contribution >= 4 is 17.8 Å². The summed E-state index contributed by atoms with van der Waals surface area (Å²) in [6.07, 6.45) is 1.54. The minimum absolute atomic E-state index is 0.0652. The number of benzene rings is 1. The number of nitrogens with one attached hydrogen (secondary N) is 1. The van der Waals surface area contributed by atoms with Crippen LogP contribution in [-0.2, 0) is 20.9 Å². The fraction of sp³-hybridized carbons (Fsp3) is 0.200. The summed E-state index contributed by atoms with van der Waals surface area (Å²) < 4.78 is 18.7. The Bertz CT molecular complexity index is 1010. The second-order valence-corrected chi connectivity index (χ2v) is 6.44. The Kier molecular flexibility index (Phi) is 6.26. The molecule has 0 radical (unpaired) electrons. The highest BCUT2D eigenvalue weighted by molar-refractivity contribution is 6.19. The van der Waals surface area contributed by atoms with E-state index in [0.717, 1.165) is 0 Å². The molecule has 1 aliphatic rings. The average molecular weight is 415 g/mol. The molecule has 0 aliphatic carbocycles. The summed E-state index contributed by atoms with van der Waals surface area (Å²) in [6, 6.07) is 8.83. The minimum atomic E-state index is -1.27. The molecule has 0 spiro atoms. The lowest BCUT2D eigenvalue weighted by Crippen LogP contribution is -2.43. The van der Waals surface area contributed by atoms with Crippen LogP contribution in [0.5, 0.6) is 11.6 Å². The number of hydrogen-bond donors (Lipinski definition) is 3. The molecule has 0 unspecified atom stereocenters. The molecule has 0 saturated heterocycles. The third-order valence-electron chi connectivity index (χ3n) is 4.22. The second kappa shape index (κ2) is 9.03. The smallest absolute Gasteiger partial charge is 0.322 e. The number of aliphatic hydroxyl groups is 1. The zero-order valence-corrected chi connectivity index (χ0v) is 15.7. The first-order valence-corrected chi connectivity index (χ1v) is 8.93. The zero-order chi connectivity index (χ0) is 21.7. The van der Waals surface area contributed by atoms with E-state index in [1.165, 1.54) is 29.3 Å². The van der Waals surface area contributed by atoms with Crippen molar-refractivity contribution in [1.29, 1.82) is 0 Å². The largest absolute Gasteiger partial charge is 0.511 e. The molecule has 0 bridgehead atoms. The van der Waals surface area contributed by atoms with Crippen LogP contribution in [0.2, 0.25) is 0 Å². The Hall–Kier alpha value is -3.95. The summed E-state index contributed by atoms with van der Waals surface area (Å²) in [5.74, 6) is -3.21. The number of aliphatic carboxylic acids is 1. The third kappa shape index (κ3) is 5.10. The van der Waals surface area contributed by atoms with Crippen LogP contribution in [0.1, 0.15) is 12.0 Å². The van der Waals surface area contributed by atoms with E-state index in [1.807, 2.05) is 0 Å². The normalized spacial score (nSPS) is 13.9. The first-order valence-electron chi connectivity index (χ1n) is 8.93. The summed E-state index contributed by atoms with van der Waals surface area (Å²) in [5, 5.41) is 20.6. The van der Waals surface area contributed by atoms with Gasteiger partial charge in [0.2, 0.25) is 5.88 Å². The Morgan fingerprint density at radius 2 is 2.07 bits per heavy atom. The molecular formula is C20H18FN3O6. The number of carboxylic acids is 1. The fourth-order valence-corrected chi connectivity index (χ4v) is 2.81. The Labute approximate surface area is 170 Å². The number of hydrogen-bond acceptors (Lipinski definition) is 6. The molecule has 0 saturated carbocycles. The SMILES string of the molecule is O=C(O)CNC(=O)C1=C(O)CCN(Cc2ccc(Oc3cccc(F)c3)nc2)C1=O. The van der Waals surface area contributed by atoms with Crippen molar-refractivity contribution in [1.82, 2.24) is 15.2 Å². The van der Waals surface area contributed by atoms with E-state index in [2.05, 4.69) is 10.3 Å². The quantitative estimate of drug-likeness (QED) is 0.588. The summed E-state index contributed by atoms with van der Waals surface area (Å²) in [5.41, 5.74) is 0.170. The fourth-order valence-electron chi connectivity index (χ4n) is 2.81. The molecule has 9 nitrogen and oxygen atoms in total. The van der Waals surface area contributed by atoms with E-state index in [9.17, 15) is 23.9 Å². The third-order valence-corrected chi connectivity index (χ3v) is 4.22. The summed E-state index contributed by atoms with van der Waals surface area (Å²) in [4.78, 5) is 40.7. The van der Waals surface area contributed by atoms with Gasteiger partial charge in [0.1, 0.15) is 29.4 Å². The number of carboxylic acid groups (broad SMARTS) is 1. The predicted octanol–water partition coefficient (Wildman–Crippen LogP) is 1.76. The second-order valence-electron chi connectivity index (χ2n) is 6.44. The first-order chi connectivity index (χ1) is 14.3. The van der Waals surface area contributed by atoms with Gasteiger partial charge in [0.25, 0.3) is 11.8 Å². The van der Waals surface area contributed by atoms with Crippen molar-refractivity contribution in [3.63, 3.8) is 0 Å². The van der Waals surface area contributed by atoms with Crippen LogP contribution in [0.3, 0.4) is 0 Å². The molecule has 2 aromatic rings. The topological polar surface area (TPSA) is 129 Å². The number of pyridine rings is 1. The van der Waals surface area contributed by atoms with Crippen LogP contribution in [0.15, 0.2) is 53.9 Å². The van der Waals surface area contributed by atoms with Gasteiger partial charge >= 0.3 is 5.97 Å². The van der Waals surface area contributed by atoms with Gasteiger partial charge in [-0.05, 0) is 17.7 Å². The Balaban J connectivity index is 1.65. The maximum atomic E-state index is 13.2. The van der Waals surface area contributed by atoms with Crippen molar-refractivity contribution in [2.24, 2.45) is 0 Å². The van der Waals surface area contributed by atoms with Crippen molar-refractivity contribution < 1.29 is 33.7 Å². The molecule has 10 heteroatoms. The minimum Gasteiger partial charge on any atom is -0.511 e. The molecule has 156 valence electrons. The number of halogens is 1. The Morgan fingerprint density at radius 3 is 2.73 bits per heavy atom. The van der Waals surface area contributed by atoms with Gasteiger partial charge in [0, 0.05) is 37.8 Å². The number of carbonyl (C=O) groups excluding carboxylic acids is 2. The lowest BCUT2D eigenvalue weighted by Gasteiger charge is -2.28. The average Bonchev–Trinajstić information content (AvgIpc) is 2.70. The van der Waals surface area contributed by atoms with Gasteiger partial charge in [0.05, 0.1) is 0 Å². The number of rotatable bonds is 7. The van der Waals surface area contributed by atoms with Crippen LogP contribution >= 0.6 is 0 Å². The van der Waals surface area contributed by atoms with Crippen molar-refractivity contribution in [3.8, 4) is 11.6 Å². The van der Waals surface area contributed by atoms with Gasteiger partial charge in [-0.3, -0.25) is 14.4 Å². The lowest BCUT2D eigenvalue weighted by atomic mass is 10.1. The molecule has 2 amide bonds. The molecule has 1 aliphatic heterocycles. The summed E-state index contributed by atoms with van der Waals surface area (Å²) in [7, 11) is 0. The van der Waals surface area contributed by atoms with Crippen LogP contribution < -0.4 is 10.1 Å². The van der Waals surface area contributed by atoms with Gasteiger partial charge < -0.3 is 25.2 Å². The van der Waals surface area contributed by atoms with Gasteiger partial charge in [-0.1, -0.05) is 12.1 Å². The van der Waals surface area contributed by atoms with Crippen molar-refractivity contribution in [3.05, 3.63) is 65.3 Å².